The third-order valence-corrected chi connectivity index (χ3v) is 4.95. The van der Waals surface area contributed by atoms with Gasteiger partial charge in [0, 0.05) is 51.0 Å². The normalized spacial score (nSPS) is 15.4. The lowest BCUT2D eigenvalue weighted by atomic mass is 10.1. The number of carbonyl (C=O) groups excluding carboxylic acids is 1. The average Bonchev–Trinajstić information content (AvgIpc) is 2.69. The van der Waals surface area contributed by atoms with Crippen molar-refractivity contribution < 1.29 is 9.53 Å². The van der Waals surface area contributed by atoms with Crippen LogP contribution < -0.4 is 16.2 Å². The quantitative estimate of drug-likeness (QED) is 0.420. The Morgan fingerprint density at radius 2 is 2.04 bits per heavy atom. The molecule has 0 aromatic carbocycles. The van der Waals surface area contributed by atoms with Gasteiger partial charge < -0.3 is 24.8 Å². The highest BCUT2D eigenvalue weighted by Crippen LogP contribution is 2.11. The molecule has 0 atom stereocenters. The van der Waals surface area contributed by atoms with Crippen molar-refractivity contribution in [3.05, 3.63) is 34.2 Å². The Morgan fingerprint density at radius 1 is 1.29 bits per heavy atom. The summed E-state index contributed by atoms with van der Waals surface area (Å²) in [5.74, 6) is 0.780. The zero-order chi connectivity index (χ0) is 20.4. The van der Waals surface area contributed by atoms with Crippen LogP contribution in [0.3, 0.4) is 0 Å². The smallest absolute Gasteiger partial charge is 0.409 e. The summed E-state index contributed by atoms with van der Waals surface area (Å²) in [5, 5.41) is 6.76. The zero-order valence-corrected chi connectivity index (χ0v) is 17.2. The van der Waals surface area contributed by atoms with Gasteiger partial charge in [0.05, 0.1) is 6.61 Å². The van der Waals surface area contributed by atoms with Crippen LogP contribution in [-0.2, 0) is 11.3 Å². The monoisotopic (exact) mass is 391 g/mol. The number of hydrogen-bond donors (Lipinski definition) is 2. The molecule has 1 aromatic rings. The minimum atomic E-state index is -0.226. The van der Waals surface area contributed by atoms with E-state index in [0.29, 0.717) is 25.7 Å². The maximum Gasteiger partial charge on any atom is 0.409 e. The number of carbonyl (C=O) groups is 1. The third kappa shape index (κ3) is 6.58. The number of likely N-dealkylation sites (tertiary alicyclic amines) is 1. The Balaban J connectivity index is 1.65. The summed E-state index contributed by atoms with van der Waals surface area (Å²) in [4.78, 5) is 29.7. The molecule has 2 N–H and O–H groups in total. The number of pyridine rings is 1. The van der Waals surface area contributed by atoms with Crippen LogP contribution in [0, 0.1) is 6.92 Å². The number of guanidine groups is 1. The highest BCUT2D eigenvalue weighted by Gasteiger charge is 2.23. The molecule has 1 aromatic heterocycles. The first kappa shape index (κ1) is 21.8. The summed E-state index contributed by atoms with van der Waals surface area (Å²) < 4.78 is 6.86. The molecule has 0 unspecified atom stereocenters. The standard InChI is InChI=1S/C20H33N5O3/c1-4-28-20(27)24-14-10-17(11-15-24)23-19(21-3)22-12-5-6-13-25-16(2)8-7-9-18(25)26/h7-9,17H,4-6,10-15H2,1-3H3,(H2,21,22,23). The Bertz CT molecular complexity index is 708. The molecule has 0 bridgehead atoms. The fraction of sp³-hybridized carbons (Fsp3) is 0.650. The molecular formula is C20H33N5O3. The van der Waals surface area contributed by atoms with Gasteiger partial charge in [-0.15, -0.1) is 0 Å². The van der Waals surface area contributed by atoms with Crippen LogP contribution in [0.25, 0.3) is 0 Å². The van der Waals surface area contributed by atoms with E-state index in [1.54, 1.807) is 24.1 Å². The molecule has 0 aliphatic carbocycles. The molecule has 0 spiro atoms. The van der Waals surface area contributed by atoms with Crippen LogP contribution in [0.1, 0.15) is 38.3 Å². The van der Waals surface area contributed by atoms with Crippen LogP contribution in [0.15, 0.2) is 28.0 Å². The maximum absolute atomic E-state index is 11.9. The predicted molar refractivity (Wildman–Crippen MR) is 111 cm³/mol. The SMILES string of the molecule is CCOC(=O)N1CCC(NC(=NC)NCCCCn2c(C)cccc2=O)CC1. The van der Waals surface area contributed by atoms with Crippen molar-refractivity contribution in [1.82, 2.24) is 20.1 Å². The fourth-order valence-electron chi connectivity index (χ4n) is 3.32. The molecule has 2 rings (SSSR count). The summed E-state index contributed by atoms with van der Waals surface area (Å²) in [5.41, 5.74) is 1.05. The van der Waals surface area contributed by atoms with Gasteiger partial charge in [0.1, 0.15) is 0 Å². The Hall–Kier alpha value is -2.51. The van der Waals surface area contributed by atoms with Gasteiger partial charge in [0.15, 0.2) is 5.96 Å². The van der Waals surface area contributed by atoms with Crippen molar-refractivity contribution in [3.8, 4) is 0 Å². The lowest BCUT2D eigenvalue weighted by molar-refractivity contribution is 0.0963. The van der Waals surface area contributed by atoms with Crippen molar-refractivity contribution in [2.75, 3.05) is 33.3 Å². The van der Waals surface area contributed by atoms with E-state index in [-0.39, 0.29) is 11.7 Å². The summed E-state index contributed by atoms with van der Waals surface area (Å²) in [6, 6.07) is 5.65. The molecule has 156 valence electrons. The van der Waals surface area contributed by atoms with Crippen molar-refractivity contribution in [2.24, 2.45) is 4.99 Å². The van der Waals surface area contributed by atoms with E-state index in [9.17, 15) is 9.59 Å². The highest BCUT2D eigenvalue weighted by atomic mass is 16.6. The number of rotatable bonds is 7. The van der Waals surface area contributed by atoms with Gasteiger partial charge >= 0.3 is 6.09 Å². The number of nitrogens with one attached hydrogen (secondary N) is 2. The Labute approximate surface area is 167 Å². The molecule has 28 heavy (non-hydrogen) atoms. The number of hydrogen-bond acceptors (Lipinski definition) is 4. The number of amides is 1. The average molecular weight is 392 g/mol. The number of aryl methyl sites for hydroxylation is 1. The van der Waals surface area contributed by atoms with Crippen LogP contribution >= 0.6 is 0 Å². The third-order valence-electron chi connectivity index (χ3n) is 4.95. The number of piperidine rings is 1. The molecule has 8 nitrogen and oxygen atoms in total. The fourth-order valence-corrected chi connectivity index (χ4v) is 3.32. The van der Waals surface area contributed by atoms with E-state index in [4.69, 9.17) is 4.74 Å². The first-order valence-corrected chi connectivity index (χ1v) is 10.1. The molecule has 8 heteroatoms. The number of aromatic nitrogens is 1. The van der Waals surface area contributed by atoms with Crippen molar-refractivity contribution in [1.29, 1.82) is 0 Å². The first-order chi connectivity index (χ1) is 13.5. The van der Waals surface area contributed by atoms with Crippen molar-refractivity contribution >= 4 is 12.1 Å². The van der Waals surface area contributed by atoms with E-state index in [1.807, 2.05) is 24.5 Å². The lowest BCUT2D eigenvalue weighted by Crippen LogP contribution is -2.50. The largest absolute Gasteiger partial charge is 0.450 e. The summed E-state index contributed by atoms with van der Waals surface area (Å²) in [6.45, 7) is 7.09. The molecule has 1 aliphatic rings. The summed E-state index contributed by atoms with van der Waals surface area (Å²) in [6.07, 6.45) is 3.39. The van der Waals surface area contributed by atoms with Gasteiger partial charge in [-0.1, -0.05) is 6.07 Å². The number of nitrogens with zero attached hydrogens (tertiary/aromatic N) is 3. The molecular weight excluding hydrogens is 358 g/mol. The van der Waals surface area contributed by atoms with Gasteiger partial charge in [0.25, 0.3) is 5.56 Å². The molecule has 0 radical (unpaired) electrons. The molecule has 1 fully saturated rings. The van der Waals surface area contributed by atoms with E-state index in [2.05, 4.69) is 15.6 Å². The van der Waals surface area contributed by atoms with Gasteiger partial charge in [0.2, 0.25) is 0 Å². The second-order valence-electron chi connectivity index (χ2n) is 6.97. The summed E-state index contributed by atoms with van der Waals surface area (Å²) in [7, 11) is 1.76. The Morgan fingerprint density at radius 3 is 2.68 bits per heavy atom. The minimum Gasteiger partial charge on any atom is -0.450 e. The van der Waals surface area contributed by atoms with Gasteiger partial charge in [-0.05, 0) is 45.6 Å². The number of unbranched alkanes of at least 4 members (excludes halogenated alkanes) is 1. The lowest BCUT2D eigenvalue weighted by Gasteiger charge is -2.32. The minimum absolute atomic E-state index is 0.0552. The van der Waals surface area contributed by atoms with Gasteiger partial charge in [-0.25, -0.2) is 4.79 Å². The molecule has 1 amide bonds. The van der Waals surface area contributed by atoms with E-state index in [0.717, 1.165) is 50.4 Å². The predicted octanol–water partition coefficient (Wildman–Crippen LogP) is 1.72. The van der Waals surface area contributed by atoms with Crippen LogP contribution in [0.4, 0.5) is 4.79 Å². The van der Waals surface area contributed by atoms with Crippen LogP contribution in [0.5, 0.6) is 0 Å². The van der Waals surface area contributed by atoms with Gasteiger partial charge in [-0.3, -0.25) is 9.79 Å². The maximum atomic E-state index is 11.9. The molecule has 2 heterocycles. The van der Waals surface area contributed by atoms with Gasteiger partial charge in [-0.2, -0.15) is 0 Å². The van der Waals surface area contributed by atoms with E-state index < -0.39 is 0 Å². The van der Waals surface area contributed by atoms with Crippen molar-refractivity contribution in [2.45, 2.75) is 52.1 Å². The van der Waals surface area contributed by atoms with Crippen LogP contribution in [0.2, 0.25) is 0 Å². The second-order valence-corrected chi connectivity index (χ2v) is 6.97. The molecule has 1 aliphatic heterocycles. The number of ether oxygens (including phenoxy) is 1. The van der Waals surface area contributed by atoms with Crippen molar-refractivity contribution in [3.63, 3.8) is 0 Å². The second kappa shape index (κ2) is 11.4. The summed E-state index contributed by atoms with van der Waals surface area (Å²) >= 11 is 0. The highest BCUT2D eigenvalue weighted by molar-refractivity contribution is 5.80. The van der Waals surface area contributed by atoms with Crippen LogP contribution in [-0.4, -0.2) is 60.9 Å². The zero-order valence-electron chi connectivity index (χ0n) is 17.2. The molecule has 0 saturated carbocycles. The first-order valence-electron chi connectivity index (χ1n) is 10.1. The number of aliphatic imine (C=N–C) groups is 1. The van der Waals surface area contributed by atoms with E-state index in [1.165, 1.54) is 0 Å². The Kier molecular flexibility index (Phi) is 8.84. The molecule has 1 saturated heterocycles. The topological polar surface area (TPSA) is 88.0 Å². The van der Waals surface area contributed by atoms with E-state index >= 15 is 0 Å².